The summed E-state index contributed by atoms with van der Waals surface area (Å²) in [5.74, 6) is -0.397. The Morgan fingerprint density at radius 1 is 0.964 bits per heavy atom. The van der Waals surface area contributed by atoms with Crippen molar-refractivity contribution in [3.63, 3.8) is 0 Å². The summed E-state index contributed by atoms with van der Waals surface area (Å²) in [4.78, 5) is 20.2. The zero-order valence-electron chi connectivity index (χ0n) is 14.4. The van der Waals surface area contributed by atoms with Crippen LogP contribution in [0.15, 0.2) is 71.5 Å². The van der Waals surface area contributed by atoms with Gasteiger partial charge in [0.2, 0.25) is 0 Å². The third-order valence-electron chi connectivity index (χ3n) is 4.64. The highest BCUT2D eigenvalue weighted by Gasteiger charge is 2.18. The molecule has 3 aromatic heterocycles. The summed E-state index contributed by atoms with van der Waals surface area (Å²) in [6, 6.07) is 19.0. The number of fused-ring (bicyclic) bond motifs is 3. The number of rotatable bonds is 2. The minimum atomic E-state index is -0.387. The Hall–Kier alpha value is -3.51. The molecule has 0 saturated carbocycles. The van der Waals surface area contributed by atoms with Crippen molar-refractivity contribution in [1.29, 1.82) is 0 Å². The topological polar surface area (TPSA) is 66.0 Å². The highest BCUT2D eigenvalue weighted by molar-refractivity contribution is 7.25. The van der Waals surface area contributed by atoms with Crippen molar-refractivity contribution in [3.8, 4) is 28.1 Å². The molecule has 6 heteroatoms. The average molecular weight is 388 g/mol. The van der Waals surface area contributed by atoms with Crippen LogP contribution < -0.4 is 5.56 Å². The van der Waals surface area contributed by atoms with E-state index in [1.54, 1.807) is 12.1 Å². The maximum atomic E-state index is 13.5. The molecule has 0 fully saturated rings. The molecule has 5 aromatic rings. The van der Waals surface area contributed by atoms with Gasteiger partial charge in [0, 0.05) is 17.0 Å². The lowest BCUT2D eigenvalue weighted by atomic mass is 10.00. The molecule has 5 rings (SSSR count). The van der Waals surface area contributed by atoms with E-state index in [0.717, 1.165) is 33.8 Å². The van der Waals surface area contributed by atoms with Crippen molar-refractivity contribution >= 4 is 31.8 Å². The monoisotopic (exact) mass is 388 g/mol. The van der Waals surface area contributed by atoms with Crippen LogP contribution in [0.4, 0.5) is 4.39 Å². The van der Waals surface area contributed by atoms with Gasteiger partial charge in [-0.05, 0) is 29.3 Å². The van der Waals surface area contributed by atoms with Gasteiger partial charge in [-0.2, -0.15) is 0 Å². The van der Waals surface area contributed by atoms with Gasteiger partial charge in [0.25, 0.3) is 5.56 Å². The fourth-order valence-corrected chi connectivity index (χ4v) is 4.43. The van der Waals surface area contributed by atoms with Gasteiger partial charge >= 0.3 is 0 Å². The first kappa shape index (κ1) is 16.6. The first-order valence-electron chi connectivity index (χ1n) is 8.61. The van der Waals surface area contributed by atoms with E-state index in [0.29, 0.717) is 15.0 Å². The number of H-pyrrole nitrogens is 1. The van der Waals surface area contributed by atoms with Crippen molar-refractivity contribution in [2.75, 3.05) is 0 Å². The molecule has 3 heterocycles. The lowest BCUT2D eigenvalue weighted by Gasteiger charge is -2.08. The molecule has 0 aliphatic heterocycles. The van der Waals surface area contributed by atoms with Gasteiger partial charge in [0.1, 0.15) is 16.4 Å². The number of hydrogen-bond acceptors (Lipinski definition) is 4. The maximum absolute atomic E-state index is 13.5. The molecular formula is C22H13FN2O2S. The zero-order chi connectivity index (χ0) is 19.3. The highest BCUT2D eigenvalue weighted by Crippen LogP contribution is 2.42. The third-order valence-corrected chi connectivity index (χ3v) is 5.74. The molecule has 0 unspecified atom stereocenters. The predicted octanol–water partition coefficient (Wildman–Crippen LogP) is 5.32. The van der Waals surface area contributed by atoms with E-state index < -0.39 is 0 Å². The third kappa shape index (κ3) is 2.66. The number of benzene rings is 2. The molecule has 0 radical (unpaired) electrons. The van der Waals surface area contributed by atoms with E-state index in [9.17, 15) is 14.3 Å². The van der Waals surface area contributed by atoms with Gasteiger partial charge in [-0.25, -0.2) is 9.37 Å². The molecule has 0 aliphatic rings. The molecule has 4 nitrogen and oxygen atoms in total. The second kappa shape index (κ2) is 6.28. The number of aromatic nitrogens is 2. The summed E-state index contributed by atoms with van der Waals surface area (Å²) >= 11 is 1.31. The summed E-state index contributed by atoms with van der Waals surface area (Å²) in [6.45, 7) is 0. The van der Waals surface area contributed by atoms with Crippen LogP contribution in [0.1, 0.15) is 0 Å². The molecule has 0 atom stereocenters. The normalized spacial score (nSPS) is 11.3. The second-order valence-corrected chi connectivity index (χ2v) is 7.43. The van der Waals surface area contributed by atoms with Crippen molar-refractivity contribution in [1.82, 2.24) is 9.97 Å². The van der Waals surface area contributed by atoms with Crippen molar-refractivity contribution in [2.45, 2.75) is 0 Å². The van der Waals surface area contributed by atoms with Crippen LogP contribution in [-0.2, 0) is 0 Å². The Morgan fingerprint density at radius 3 is 2.46 bits per heavy atom. The van der Waals surface area contributed by atoms with Crippen molar-refractivity contribution < 1.29 is 9.50 Å². The van der Waals surface area contributed by atoms with Gasteiger partial charge in [-0.1, -0.05) is 42.5 Å². The van der Waals surface area contributed by atoms with Gasteiger partial charge < -0.3 is 10.1 Å². The maximum Gasteiger partial charge on any atom is 0.252 e. The van der Waals surface area contributed by atoms with E-state index in [-0.39, 0.29) is 17.1 Å². The first-order chi connectivity index (χ1) is 13.6. The van der Waals surface area contributed by atoms with Crippen molar-refractivity contribution in [3.05, 3.63) is 82.9 Å². The Balaban J connectivity index is 1.92. The largest absolute Gasteiger partial charge is 0.506 e. The van der Waals surface area contributed by atoms with Crippen LogP contribution in [0.25, 0.3) is 42.8 Å². The van der Waals surface area contributed by atoms with Crippen LogP contribution in [0.2, 0.25) is 0 Å². The SMILES string of the molecule is O=c1cc(O)c2sc3nc(-c4ccccc4)cc(-c4ccc(F)cc4)c3c2[nH]1. The van der Waals surface area contributed by atoms with Crippen LogP contribution in [0.5, 0.6) is 5.75 Å². The van der Waals surface area contributed by atoms with E-state index in [1.165, 1.54) is 23.5 Å². The standard InChI is InChI=1S/C22H13FN2O2S/c23-14-8-6-12(7-9-14)15-10-16(13-4-2-1-3-5-13)24-22-19(15)20-21(28-22)17(26)11-18(27)25-20/h1-11H,(H2,25,26,27). The van der Waals surface area contributed by atoms with E-state index in [2.05, 4.69) is 4.98 Å². The fraction of sp³-hybridized carbons (Fsp3) is 0. The first-order valence-corrected chi connectivity index (χ1v) is 9.43. The zero-order valence-corrected chi connectivity index (χ0v) is 15.3. The Bertz CT molecular complexity index is 1390. The Labute approximate surface area is 162 Å². The molecule has 2 N–H and O–H groups in total. The number of nitrogens with zero attached hydrogens (tertiary/aromatic N) is 1. The number of hydrogen-bond donors (Lipinski definition) is 2. The lowest BCUT2D eigenvalue weighted by molar-refractivity contribution is 0.481. The number of halogens is 1. The van der Waals surface area contributed by atoms with Crippen LogP contribution in [-0.4, -0.2) is 15.1 Å². The fourth-order valence-electron chi connectivity index (χ4n) is 3.36. The highest BCUT2D eigenvalue weighted by atomic mass is 32.1. The molecule has 0 amide bonds. The Kier molecular flexibility index (Phi) is 3.74. The molecule has 2 aromatic carbocycles. The lowest BCUT2D eigenvalue weighted by Crippen LogP contribution is -2.02. The summed E-state index contributed by atoms with van der Waals surface area (Å²) in [6.07, 6.45) is 0. The molecule has 0 saturated heterocycles. The van der Waals surface area contributed by atoms with Gasteiger partial charge in [0.15, 0.2) is 0 Å². The van der Waals surface area contributed by atoms with Crippen LogP contribution in [0, 0.1) is 5.82 Å². The van der Waals surface area contributed by atoms with Crippen LogP contribution in [0.3, 0.4) is 0 Å². The average Bonchev–Trinajstić information content (AvgIpc) is 3.07. The molecule has 28 heavy (non-hydrogen) atoms. The second-order valence-electron chi connectivity index (χ2n) is 6.43. The van der Waals surface area contributed by atoms with E-state index in [4.69, 9.17) is 4.98 Å². The quantitative estimate of drug-likeness (QED) is 0.430. The molecule has 0 aliphatic carbocycles. The molecule has 0 spiro atoms. The smallest absolute Gasteiger partial charge is 0.252 e. The van der Waals surface area contributed by atoms with E-state index in [1.807, 2.05) is 36.4 Å². The van der Waals surface area contributed by atoms with Gasteiger partial charge in [-0.3, -0.25) is 4.79 Å². The predicted molar refractivity (Wildman–Crippen MR) is 110 cm³/mol. The van der Waals surface area contributed by atoms with Crippen molar-refractivity contribution in [2.24, 2.45) is 0 Å². The molecule has 136 valence electrons. The van der Waals surface area contributed by atoms with Crippen LogP contribution >= 0.6 is 11.3 Å². The summed E-state index contributed by atoms with van der Waals surface area (Å²) < 4.78 is 14.0. The van der Waals surface area contributed by atoms with Gasteiger partial charge in [-0.15, -0.1) is 11.3 Å². The summed E-state index contributed by atoms with van der Waals surface area (Å²) in [7, 11) is 0. The number of pyridine rings is 2. The number of aromatic hydroxyl groups is 1. The number of thiophene rings is 1. The minimum absolute atomic E-state index is 0.0759. The number of nitrogens with one attached hydrogen (secondary N) is 1. The Morgan fingerprint density at radius 2 is 1.71 bits per heavy atom. The number of aromatic amines is 1. The summed E-state index contributed by atoms with van der Waals surface area (Å²) in [5.41, 5.74) is 3.48. The van der Waals surface area contributed by atoms with E-state index >= 15 is 0 Å². The molecule has 0 bridgehead atoms. The summed E-state index contributed by atoms with van der Waals surface area (Å²) in [5, 5.41) is 11.0. The van der Waals surface area contributed by atoms with Gasteiger partial charge in [0.05, 0.1) is 15.9 Å². The minimum Gasteiger partial charge on any atom is -0.506 e. The molecular weight excluding hydrogens is 375 g/mol.